The van der Waals surface area contributed by atoms with Gasteiger partial charge in [0.1, 0.15) is 5.84 Å². The van der Waals surface area contributed by atoms with Gasteiger partial charge in [-0.2, -0.15) is 0 Å². The fourth-order valence-corrected chi connectivity index (χ4v) is 0.986. The maximum Gasteiger partial charge on any atom is 0.315 e. The first kappa shape index (κ1) is 10.6. The van der Waals surface area contributed by atoms with E-state index in [1.807, 2.05) is 0 Å². The van der Waals surface area contributed by atoms with Crippen LogP contribution < -0.4 is 16.4 Å². The Kier molecular flexibility index (Phi) is 4.03. The summed E-state index contributed by atoms with van der Waals surface area (Å²) < 4.78 is 0. The molecule has 0 atom stereocenters. The molecule has 0 unspecified atom stereocenters. The Morgan fingerprint density at radius 1 is 1.57 bits per heavy atom. The Morgan fingerprint density at radius 3 is 2.86 bits per heavy atom. The number of amides is 2. The van der Waals surface area contributed by atoms with Crippen LogP contribution in [0.15, 0.2) is 5.16 Å². The lowest BCUT2D eigenvalue weighted by Crippen LogP contribution is -2.37. The number of oxime groups is 1. The normalized spacial score (nSPS) is 16.4. The minimum Gasteiger partial charge on any atom is -0.409 e. The van der Waals surface area contributed by atoms with Crippen LogP contribution in [0.2, 0.25) is 0 Å². The predicted molar refractivity (Wildman–Crippen MR) is 52.2 cm³/mol. The molecule has 0 aliphatic heterocycles. The lowest BCUT2D eigenvalue weighted by molar-refractivity contribution is 0.240. The van der Waals surface area contributed by atoms with Crippen molar-refractivity contribution in [3.8, 4) is 0 Å². The molecule has 14 heavy (non-hydrogen) atoms. The van der Waals surface area contributed by atoms with Crippen LogP contribution in [-0.2, 0) is 0 Å². The third kappa shape index (κ3) is 4.54. The molecule has 0 spiro atoms. The Bertz CT molecular complexity index is 225. The Morgan fingerprint density at radius 2 is 2.29 bits per heavy atom. The molecule has 1 saturated carbocycles. The second kappa shape index (κ2) is 5.31. The van der Waals surface area contributed by atoms with Crippen LogP contribution in [0, 0.1) is 0 Å². The molecule has 0 saturated heterocycles. The molecule has 0 aromatic heterocycles. The van der Waals surface area contributed by atoms with E-state index in [2.05, 4.69) is 15.8 Å². The molecule has 1 fully saturated rings. The van der Waals surface area contributed by atoms with Gasteiger partial charge in [-0.05, 0) is 19.3 Å². The summed E-state index contributed by atoms with van der Waals surface area (Å²) in [6.07, 6.45) is 3.32. The van der Waals surface area contributed by atoms with Crippen LogP contribution in [0.4, 0.5) is 4.79 Å². The molecule has 1 aliphatic rings. The summed E-state index contributed by atoms with van der Waals surface area (Å²) in [7, 11) is 0. The fourth-order valence-electron chi connectivity index (χ4n) is 0.986. The smallest absolute Gasteiger partial charge is 0.315 e. The monoisotopic (exact) mass is 200 g/mol. The molecule has 0 aromatic carbocycles. The fraction of sp³-hybridized carbons (Fsp3) is 0.750. The summed E-state index contributed by atoms with van der Waals surface area (Å²) >= 11 is 0. The van der Waals surface area contributed by atoms with E-state index in [1.165, 1.54) is 0 Å². The first-order chi connectivity index (χ1) is 6.72. The van der Waals surface area contributed by atoms with E-state index in [0.717, 1.165) is 12.8 Å². The first-order valence-electron chi connectivity index (χ1n) is 4.73. The largest absolute Gasteiger partial charge is 0.409 e. The number of hydrogen-bond donors (Lipinski definition) is 4. The zero-order chi connectivity index (χ0) is 10.4. The molecule has 0 aromatic rings. The van der Waals surface area contributed by atoms with Crippen molar-refractivity contribution in [2.24, 2.45) is 10.9 Å². The highest BCUT2D eigenvalue weighted by molar-refractivity contribution is 5.79. The van der Waals surface area contributed by atoms with Crippen molar-refractivity contribution in [1.29, 1.82) is 0 Å². The zero-order valence-electron chi connectivity index (χ0n) is 7.99. The molecule has 6 heteroatoms. The molecule has 2 amide bonds. The van der Waals surface area contributed by atoms with Crippen molar-refractivity contribution in [3.63, 3.8) is 0 Å². The highest BCUT2D eigenvalue weighted by Crippen LogP contribution is 2.18. The number of rotatable bonds is 5. The van der Waals surface area contributed by atoms with Gasteiger partial charge in [-0.25, -0.2) is 4.79 Å². The van der Waals surface area contributed by atoms with Gasteiger partial charge in [0.15, 0.2) is 0 Å². The number of hydrogen-bond acceptors (Lipinski definition) is 3. The maximum atomic E-state index is 11.1. The van der Waals surface area contributed by atoms with E-state index in [0.29, 0.717) is 25.4 Å². The van der Waals surface area contributed by atoms with Gasteiger partial charge in [0.2, 0.25) is 0 Å². The summed E-state index contributed by atoms with van der Waals surface area (Å²) in [5.41, 5.74) is 5.25. The van der Waals surface area contributed by atoms with Gasteiger partial charge >= 0.3 is 6.03 Å². The Labute approximate surface area is 82.5 Å². The van der Waals surface area contributed by atoms with Gasteiger partial charge in [-0.1, -0.05) is 5.16 Å². The third-order valence-corrected chi connectivity index (χ3v) is 1.94. The molecule has 1 rings (SSSR count). The van der Waals surface area contributed by atoms with Crippen molar-refractivity contribution >= 4 is 11.9 Å². The van der Waals surface area contributed by atoms with Crippen molar-refractivity contribution in [2.75, 3.05) is 6.54 Å². The van der Waals surface area contributed by atoms with Crippen LogP contribution >= 0.6 is 0 Å². The van der Waals surface area contributed by atoms with Crippen LogP contribution in [-0.4, -0.2) is 29.7 Å². The zero-order valence-corrected chi connectivity index (χ0v) is 7.99. The van der Waals surface area contributed by atoms with Crippen LogP contribution in [0.1, 0.15) is 25.7 Å². The minimum atomic E-state index is -0.132. The van der Waals surface area contributed by atoms with E-state index in [-0.39, 0.29) is 11.9 Å². The van der Waals surface area contributed by atoms with Crippen LogP contribution in [0.3, 0.4) is 0 Å². The predicted octanol–water partition coefficient (Wildman–Crippen LogP) is -0.0254. The number of carbonyl (C=O) groups excluding carboxylic acids is 1. The molecular weight excluding hydrogens is 184 g/mol. The van der Waals surface area contributed by atoms with E-state index in [1.54, 1.807) is 0 Å². The minimum absolute atomic E-state index is 0.132. The molecule has 6 nitrogen and oxygen atoms in total. The maximum absolute atomic E-state index is 11.1. The molecule has 0 bridgehead atoms. The summed E-state index contributed by atoms with van der Waals surface area (Å²) in [5.74, 6) is 0.189. The highest BCUT2D eigenvalue weighted by Gasteiger charge is 2.22. The topological polar surface area (TPSA) is 99.7 Å². The van der Waals surface area contributed by atoms with E-state index in [4.69, 9.17) is 10.9 Å². The van der Waals surface area contributed by atoms with Gasteiger partial charge in [-0.3, -0.25) is 0 Å². The Hall–Kier alpha value is -1.46. The number of carbonyl (C=O) groups is 1. The molecule has 80 valence electrons. The van der Waals surface area contributed by atoms with Crippen LogP contribution in [0.25, 0.3) is 0 Å². The van der Waals surface area contributed by atoms with Gasteiger partial charge < -0.3 is 21.6 Å². The highest BCUT2D eigenvalue weighted by atomic mass is 16.4. The summed E-state index contributed by atoms with van der Waals surface area (Å²) in [5, 5.41) is 16.5. The molecule has 0 radical (unpaired) electrons. The lowest BCUT2D eigenvalue weighted by Gasteiger charge is -2.05. The molecular formula is C8H16N4O2. The number of nitrogens with two attached hydrogens (primary N) is 1. The van der Waals surface area contributed by atoms with Crippen molar-refractivity contribution in [3.05, 3.63) is 0 Å². The first-order valence-corrected chi connectivity index (χ1v) is 4.73. The quantitative estimate of drug-likeness (QED) is 0.165. The number of nitrogens with zero attached hydrogens (tertiary/aromatic N) is 1. The number of nitrogens with one attached hydrogen (secondary N) is 2. The standard InChI is InChI=1S/C8H16N4O2/c9-7(12-14)2-1-5-10-8(13)11-6-3-4-6/h6,14H,1-5H2,(H2,9,12)(H2,10,11,13). The molecule has 0 heterocycles. The van der Waals surface area contributed by atoms with Crippen molar-refractivity contribution < 1.29 is 10.0 Å². The molecule has 1 aliphatic carbocycles. The molecule has 5 N–H and O–H groups in total. The van der Waals surface area contributed by atoms with Gasteiger partial charge in [0.25, 0.3) is 0 Å². The van der Waals surface area contributed by atoms with Crippen molar-refractivity contribution in [2.45, 2.75) is 31.7 Å². The van der Waals surface area contributed by atoms with Crippen LogP contribution in [0.5, 0.6) is 0 Å². The summed E-state index contributed by atoms with van der Waals surface area (Å²) in [6, 6.07) is 0.242. The summed E-state index contributed by atoms with van der Waals surface area (Å²) in [4.78, 5) is 11.1. The second-order valence-corrected chi connectivity index (χ2v) is 3.37. The third-order valence-electron chi connectivity index (χ3n) is 1.94. The van der Waals surface area contributed by atoms with Gasteiger partial charge in [0, 0.05) is 19.0 Å². The summed E-state index contributed by atoms with van der Waals surface area (Å²) in [6.45, 7) is 0.536. The van der Waals surface area contributed by atoms with Crippen molar-refractivity contribution in [1.82, 2.24) is 10.6 Å². The van der Waals surface area contributed by atoms with E-state index < -0.39 is 0 Å². The SMILES string of the molecule is NC(CCCNC(=O)NC1CC1)=NO. The average molecular weight is 200 g/mol. The average Bonchev–Trinajstić information content (AvgIpc) is 2.95. The van der Waals surface area contributed by atoms with E-state index >= 15 is 0 Å². The lowest BCUT2D eigenvalue weighted by atomic mass is 10.3. The van der Waals surface area contributed by atoms with Gasteiger partial charge in [0.05, 0.1) is 0 Å². The number of urea groups is 1. The van der Waals surface area contributed by atoms with E-state index in [9.17, 15) is 4.79 Å². The second-order valence-electron chi connectivity index (χ2n) is 3.37. The number of amidine groups is 1. The Balaban J connectivity index is 1.94. The van der Waals surface area contributed by atoms with Gasteiger partial charge in [-0.15, -0.1) is 0 Å².